The fourth-order valence-corrected chi connectivity index (χ4v) is 4.17. The Labute approximate surface area is 161 Å². The molecule has 1 amide bonds. The summed E-state index contributed by atoms with van der Waals surface area (Å²) in [4.78, 5) is 18.0. The van der Waals surface area contributed by atoms with E-state index >= 15 is 0 Å². The molecule has 2 N–H and O–H groups in total. The van der Waals surface area contributed by atoms with Gasteiger partial charge in [-0.2, -0.15) is 0 Å². The van der Waals surface area contributed by atoms with Gasteiger partial charge in [-0.15, -0.1) is 0 Å². The van der Waals surface area contributed by atoms with Crippen molar-refractivity contribution in [1.29, 1.82) is 0 Å². The minimum atomic E-state index is -0.517. The van der Waals surface area contributed by atoms with Crippen molar-refractivity contribution in [2.24, 2.45) is 0 Å². The molecule has 3 rings (SSSR count). The van der Waals surface area contributed by atoms with Crippen molar-refractivity contribution in [1.82, 2.24) is 9.88 Å². The van der Waals surface area contributed by atoms with Gasteiger partial charge in [0, 0.05) is 37.5 Å². The summed E-state index contributed by atoms with van der Waals surface area (Å²) in [5.74, 6) is 0.165. The number of fused-ring (bicyclic) bond motifs is 3. The number of aromatic nitrogens is 1. The Morgan fingerprint density at radius 1 is 1.30 bits per heavy atom. The predicted molar refractivity (Wildman–Crippen MR) is 108 cm³/mol. The zero-order chi connectivity index (χ0) is 19.3. The Morgan fingerprint density at radius 3 is 2.89 bits per heavy atom. The van der Waals surface area contributed by atoms with Crippen molar-refractivity contribution in [3.05, 3.63) is 35.5 Å². The molecule has 2 heterocycles. The highest BCUT2D eigenvalue weighted by molar-refractivity contribution is 5.85. The lowest BCUT2D eigenvalue weighted by molar-refractivity contribution is -0.133. The molecule has 2 aromatic rings. The number of para-hydroxylation sites is 1. The summed E-state index contributed by atoms with van der Waals surface area (Å²) in [6, 6.07) is 8.34. The van der Waals surface area contributed by atoms with Crippen molar-refractivity contribution in [2.45, 2.75) is 57.5 Å². The number of hydrogen-bond acceptors (Lipinski definition) is 3. The van der Waals surface area contributed by atoms with Crippen LogP contribution in [0.2, 0.25) is 0 Å². The summed E-state index contributed by atoms with van der Waals surface area (Å²) < 4.78 is 6.32. The van der Waals surface area contributed by atoms with Crippen LogP contribution < -0.4 is 0 Å². The molecule has 0 saturated carbocycles. The van der Waals surface area contributed by atoms with Crippen LogP contribution in [0.15, 0.2) is 24.3 Å². The van der Waals surface area contributed by atoms with E-state index in [0.29, 0.717) is 25.9 Å². The smallest absolute Gasteiger partial charge is 0.222 e. The number of carbonyl (C=O) groups excluding carboxylic acids is 1. The Hall–Kier alpha value is -1.85. The molecule has 0 radical (unpaired) electrons. The molecule has 1 aliphatic heterocycles. The molecular formula is C22H32N2O3. The lowest BCUT2D eigenvalue weighted by Gasteiger charge is -2.38. The Kier molecular flexibility index (Phi) is 6.55. The van der Waals surface area contributed by atoms with Gasteiger partial charge in [0.05, 0.1) is 12.3 Å². The van der Waals surface area contributed by atoms with E-state index in [1.807, 2.05) is 18.0 Å². The molecule has 0 aliphatic carbocycles. The van der Waals surface area contributed by atoms with Gasteiger partial charge in [0.25, 0.3) is 0 Å². The first kappa shape index (κ1) is 19.9. The Balaban J connectivity index is 1.85. The van der Waals surface area contributed by atoms with Gasteiger partial charge < -0.3 is 19.7 Å². The van der Waals surface area contributed by atoms with Gasteiger partial charge in [-0.25, -0.2) is 0 Å². The fourth-order valence-electron chi connectivity index (χ4n) is 4.17. The number of rotatable bonds is 9. The highest BCUT2D eigenvalue weighted by Crippen LogP contribution is 2.43. The van der Waals surface area contributed by atoms with Crippen LogP contribution in [0, 0.1) is 0 Å². The van der Waals surface area contributed by atoms with Gasteiger partial charge in [0.1, 0.15) is 5.60 Å². The fraction of sp³-hybridized carbons (Fsp3) is 0.591. The number of nitrogens with zero attached hydrogens (tertiary/aromatic N) is 1. The average molecular weight is 373 g/mol. The number of aromatic amines is 1. The molecule has 148 valence electrons. The second-order valence-corrected chi connectivity index (χ2v) is 7.61. The summed E-state index contributed by atoms with van der Waals surface area (Å²) >= 11 is 0. The zero-order valence-corrected chi connectivity index (χ0v) is 16.6. The summed E-state index contributed by atoms with van der Waals surface area (Å²) in [5.41, 5.74) is 3.01. The summed E-state index contributed by atoms with van der Waals surface area (Å²) in [6.07, 6.45) is 5.47. The number of carbonyl (C=O) groups is 1. The number of nitrogens with one attached hydrogen (secondary N) is 1. The first-order valence-corrected chi connectivity index (χ1v) is 10.2. The second-order valence-electron chi connectivity index (χ2n) is 7.61. The maximum absolute atomic E-state index is 12.6. The van der Waals surface area contributed by atoms with Crippen molar-refractivity contribution < 1.29 is 14.6 Å². The monoisotopic (exact) mass is 372 g/mol. The van der Waals surface area contributed by atoms with E-state index in [4.69, 9.17) is 4.74 Å². The highest BCUT2D eigenvalue weighted by atomic mass is 16.5. The molecule has 0 saturated heterocycles. The van der Waals surface area contributed by atoms with Gasteiger partial charge in [-0.1, -0.05) is 31.5 Å². The number of benzene rings is 1. The first-order valence-electron chi connectivity index (χ1n) is 10.2. The van der Waals surface area contributed by atoms with Gasteiger partial charge in [-0.3, -0.25) is 4.79 Å². The number of hydrogen-bond donors (Lipinski definition) is 2. The van der Waals surface area contributed by atoms with E-state index in [0.717, 1.165) is 43.4 Å². The van der Waals surface area contributed by atoms with Crippen LogP contribution in [0.3, 0.4) is 0 Å². The standard InChI is InChI=1S/C22H32N2O3/c1-3-4-14-24(2)20(26)10-13-22(12-7-15-25)21-18(11-16-27-22)17-8-5-6-9-19(17)23-21/h5-6,8-9,23,25H,3-4,7,10-16H2,1-2H3. The van der Waals surface area contributed by atoms with E-state index in [1.54, 1.807) is 0 Å². The largest absolute Gasteiger partial charge is 0.396 e. The van der Waals surface area contributed by atoms with E-state index in [-0.39, 0.29) is 12.5 Å². The van der Waals surface area contributed by atoms with Crippen LogP contribution in [-0.2, 0) is 21.6 Å². The van der Waals surface area contributed by atoms with E-state index in [9.17, 15) is 9.90 Å². The Morgan fingerprint density at radius 2 is 2.11 bits per heavy atom. The lowest BCUT2D eigenvalue weighted by Crippen LogP contribution is -2.38. The second kappa shape index (κ2) is 8.89. The zero-order valence-electron chi connectivity index (χ0n) is 16.6. The van der Waals surface area contributed by atoms with Crippen LogP contribution in [0.1, 0.15) is 56.7 Å². The van der Waals surface area contributed by atoms with Crippen molar-refractivity contribution in [3.8, 4) is 0 Å². The minimum Gasteiger partial charge on any atom is -0.396 e. The van der Waals surface area contributed by atoms with Crippen molar-refractivity contribution >= 4 is 16.8 Å². The van der Waals surface area contributed by atoms with Crippen LogP contribution in [0.4, 0.5) is 0 Å². The van der Waals surface area contributed by atoms with Crippen LogP contribution in [0.5, 0.6) is 0 Å². The molecule has 1 atom stereocenters. The molecule has 1 aromatic heterocycles. The van der Waals surface area contributed by atoms with Gasteiger partial charge in [0.15, 0.2) is 0 Å². The van der Waals surface area contributed by atoms with Crippen LogP contribution >= 0.6 is 0 Å². The molecular weight excluding hydrogens is 340 g/mol. The third kappa shape index (κ3) is 4.19. The van der Waals surface area contributed by atoms with Gasteiger partial charge in [0.2, 0.25) is 5.91 Å². The molecule has 1 aliphatic rings. The molecule has 0 fully saturated rings. The molecule has 1 aromatic carbocycles. The quantitative estimate of drug-likeness (QED) is 0.705. The third-order valence-corrected chi connectivity index (χ3v) is 5.75. The number of H-pyrrole nitrogens is 1. The first-order chi connectivity index (χ1) is 13.1. The van der Waals surface area contributed by atoms with Crippen LogP contribution in [-0.4, -0.2) is 47.7 Å². The molecule has 1 unspecified atom stereocenters. The van der Waals surface area contributed by atoms with E-state index < -0.39 is 5.60 Å². The summed E-state index contributed by atoms with van der Waals surface area (Å²) in [5, 5.41) is 10.7. The SMILES string of the molecule is CCCCN(C)C(=O)CCC1(CCCO)OCCc2c1[nH]c1ccccc21. The highest BCUT2D eigenvalue weighted by Gasteiger charge is 2.40. The van der Waals surface area contributed by atoms with Gasteiger partial charge in [-0.05, 0) is 43.7 Å². The average Bonchev–Trinajstić information content (AvgIpc) is 3.08. The third-order valence-electron chi connectivity index (χ3n) is 5.75. The lowest BCUT2D eigenvalue weighted by atomic mass is 9.83. The maximum Gasteiger partial charge on any atom is 0.222 e. The minimum absolute atomic E-state index is 0.130. The van der Waals surface area contributed by atoms with E-state index in [1.165, 1.54) is 10.9 Å². The van der Waals surface area contributed by atoms with E-state index in [2.05, 4.69) is 30.1 Å². The number of ether oxygens (including phenoxy) is 1. The number of unbranched alkanes of at least 4 members (excludes halogenated alkanes) is 1. The normalized spacial score (nSPS) is 19.2. The van der Waals surface area contributed by atoms with Crippen molar-refractivity contribution in [2.75, 3.05) is 26.8 Å². The number of aliphatic hydroxyl groups is 1. The van der Waals surface area contributed by atoms with Crippen LogP contribution in [0.25, 0.3) is 10.9 Å². The Bertz CT molecular complexity index is 770. The number of amides is 1. The summed E-state index contributed by atoms with van der Waals surface area (Å²) in [6.45, 7) is 3.72. The van der Waals surface area contributed by atoms with Gasteiger partial charge >= 0.3 is 0 Å². The molecule has 0 spiro atoms. The topological polar surface area (TPSA) is 65.6 Å². The number of aliphatic hydroxyl groups excluding tert-OH is 1. The molecule has 5 heteroatoms. The van der Waals surface area contributed by atoms with Crippen molar-refractivity contribution in [3.63, 3.8) is 0 Å². The summed E-state index contributed by atoms with van der Waals surface area (Å²) in [7, 11) is 1.88. The molecule has 27 heavy (non-hydrogen) atoms. The predicted octanol–water partition coefficient (Wildman–Crippen LogP) is 3.75. The maximum atomic E-state index is 12.6. The molecule has 5 nitrogen and oxygen atoms in total. The molecule has 0 bridgehead atoms.